The Labute approximate surface area is 85.9 Å². The number of aliphatic hydroxyl groups is 1. The molecule has 1 rings (SSSR count). The van der Waals surface area contributed by atoms with Gasteiger partial charge in [0, 0.05) is 12.0 Å². The number of nitrogens with one attached hydrogen (secondary N) is 1. The Balaban J connectivity index is 2.41. The van der Waals surface area contributed by atoms with Gasteiger partial charge in [-0.3, -0.25) is 4.79 Å². The second kappa shape index (κ2) is 4.78. The van der Waals surface area contributed by atoms with Gasteiger partial charge in [0.15, 0.2) is 0 Å². The summed E-state index contributed by atoms with van der Waals surface area (Å²) < 4.78 is 0. The molecule has 3 heteroatoms. The Morgan fingerprint density at radius 2 is 2.00 bits per heavy atom. The monoisotopic (exact) mass is 199 g/mol. The van der Waals surface area contributed by atoms with Gasteiger partial charge in [-0.2, -0.15) is 0 Å². The minimum atomic E-state index is -0.453. The standard InChI is InChI=1S/C11H21NO2/c1-9(13)8-12-10(14)11(2)6-4-3-5-7-11/h9,13H,3-8H2,1-2H3,(H,12,14). The van der Waals surface area contributed by atoms with E-state index in [0.717, 1.165) is 25.7 Å². The van der Waals surface area contributed by atoms with Gasteiger partial charge < -0.3 is 10.4 Å². The van der Waals surface area contributed by atoms with Gasteiger partial charge in [0.25, 0.3) is 0 Å². The minimum absolute atomic E-state index is 0.109. The van der Waals surface area contributed by atoms with Gasteiger partial charge in [-0.25, -0.2) is 0 Å². The van der Waals surface area contributed by atoms with Crippen LogP contribution in [0.25, 0.3) is 0 Å². The maximum Gasteiger partial charge on any atom is 0.226 e. The predicted octanol–water partition coefficient (Wildman–Crippen LogP) is 1.45. The maximum atomic E-state index is 11.8. The van der Waals surface area contributed by atoms with E-state index in [1.54, 1.807) is 6.92 Å². The number of carbonyl (C=O) groups is 1. The molecule has 14 heavy (non-hydrogen) atoms. The minimum Gasteiger partial charge on any atom is -0.392 e. The van der Waals surface area contributed by atoms with Gasteiger partial charge in [0.05, 0.1) is 6.10 Å². The van der Waals surface area contributed by atoms with Crippen molar-refractivity contribution in [1.29, 1.82) is 0 Å². The van der Waals surface area contributed by atoms with Gasteiger partial charge in [0.1, 0.15) is 0 Å². The van der Waals surface area contributed by atoms with Crippen molar-refractivity contribution >= 4 is 5.91 Å². The van der Waals surface area contributed by atoms with Crippen molar-refractivity contribution in [2.75, 3.05) is 6.54 Å². The summed E-state index contributed by atoms with van der Waals surface area (Å²) in [4.78, 5) is 11.8. The van der Waals surface area contributed by atoms with Crippen LogP contribution in [0.5, 0.6) is 0 Å². The van der Waals surface area contributed by atoms with E-state index in [-0.39, 0.29) is 11.3 Å². The van der Waals surface area contributed by atoms with Gasteiger partial charge in [-0.1, -0.05) is 26.2 Å². The van der Waals surface area contributed by atoms with E-state index < -0.39 is 6.10 Å². The molecule has 0 aromatic heterocycles. The molecule has 1 fully saturated rings. The van der Waals surface area contributed by atoms with E-state index in [1.165, 1.54) is 6.42 Å². The lowest BCUT2D eigenvalue weighted by molar-refractivity contribution is -0.132. The van der Waals surface area contributed by atoms with Crippen molar-refractivity contribution < 1.29 is 9.90 Å². The normalized spacial score (nSPS) is 22.8. The molecule has 0 saturated heterocycles. The Bertz CT molecular complexity index is 195. The van der Waals surface area contributed by atoms with E-state index in [0.29, 0.717) is 6.54 Å². The largest absolute Gasteiger partial charge is 0.392 e. The van der Waals surface area contributed by atoms with Gasteiger partial charge >= 0.3 is 0 Å². The molecule has 0 spiro atoms. The van der Waals surface area contributed by atoms with Crippen molar-refractivity contribution in [2.45, 2.75) is 52.1 Å². The van der Waals surface area contributed by atoms with Crippen LogP contribution in [0.4, 0.5) is 0 Å². The van der Waals surface area contributed by atoms with Crippen LogP contribution < -0.4 is 5.32 Å². The summed E-state index contributed by atoms with van der Waals surface area (Å²) in [6, 6.07) is 0. The van der Waals surface area contributed by atoms with Crippen molar-refractivity contribution in [3.05, 3.63) is 0 Å². The zero-order valence-corrected chi connectivity index (χ0v) is 9.18. The predicted molar refractivity (Wildman–Crippen MR) is 55.9 cm³/mol. The highest BCUT2D eigenvalue weighted by Crippen LogP contribution is 2.35. The topological polar surface area (TPSA) is 49.3 Å². The van der Waals surface area contributed by atoms with Crippen LogP contribution in [0.1, 0.15) is 46.0 Å². The van der Waals surface area contributed by atoms with Crippen LogP contribution in [0.2, 0.25) is 0 Å². The average Bonchev–Trinajstić information content (AvgIpc) is 2.15. The lowest BCUT2D eigenvalue weighted by Crippen LogP contribution is -2.42. The smallest absolute Gasteiger partial charge is 0.226 e. The highest BCUT2D eigenvalue weighted by Gasteiger charge is 2.34. The molecule has 0 bridgehead atoms. The van der Waals surface area contributed by atoms with E-state index in [1.807, 2.05) is 6.92 Å². The van der Waals surface area contributed by atoms with E-state index in [2.05, 4.69) is 5.32 Å². The number of hydrogen-bond donors (Lipinski definition) is 2. The molecule has 3 nitrogen and oxygen atoms in total. The molecule has 0 aromatic carbocycles. The lowest BCUT2D eigenvalue weighted by Gasteiger charge is -2.32. The highest BCUT2D eigenvalue weighted by atomic mass is 16.3. The van der Waals surface area contributed by atoms with Crippen molar-refractivity contribution in [3.63, 3.8) is 0 Å². The summed E-state index contributed by atoms with van der Waals surface area (Å²) in [5, 5.41) is 11.9. The fourth-order valence-electron chi connectivity index (χ4n) is 2.01. The molecule has 1 aliphatic rings. The fraction of sp³-hybridized carbons (Fsp3) is 0.909. The van der Waals surface area contributed by atoms with E-state index in [9.17, 15) is 4.79 Å². The third-order valence-corrected chi connectivity index (χ3v) is 3.06. The number of amides is 1. The first-order chi connectivity index (χ1) is 6.54. The molecule has 1 aliphatic carbocycles. The van der Waals surface area contributed by atoms with Gasteiger partial charge in [-0.15, -0.1) is 0 Å². The highest BCUT2D eigenvalue weighted by molar-refractivity contribution is 5.82. The molecule has 0 radical (unpaired) electrons. The molecule has 2 N–H and O–H groups in total. The Morgan fingerprint density at radius 3 is 2.50 bits per heavy atom. The van der Waals surface area contributed by atoms with E-state index >= 15 is 0 Å². The van der Waals surface area contributed by atoms with Crippen LogP contribution in [0.3, 0.4) is 0 Å². The van der Waals surface area contributed by atoms with Crippen LogP contribution in [0, 0.1) is 5.41 Å². The molecule has 1 amide bonds. The zero-order valence-electron chi connectivity index (χ0n) is 9.18. The maximum absolute atomic E-state index is 11.8. The molecule has 1 saturated carbocycles. The Kier molecular flexibility index (Phi) is 3.93. The van der Waals surface area contributed by atoms with Gasteiger partial charge in [-0.05, 0) is 19.8 Å². The average molecular weight is 199 g/mol. The summed E-state index contributed by atoms with van der Waals surface area (Å²) in [7, 11) is 0. The van der Waals surface area contributed by atoms with Crippen molar-refractivity contribution in [2.24, 2.45) is 5.41 Å². The second-order valence-corrected chi connectivity index (χ2v) is 4.68. The Hall–Kier alpha value is -0.570. The molecule has 0 heterocycles. The van der Waals surface area contributed by atoms with Crippen molar-refractivity contribution in [1.82, 2.24) is 5.32 Å². The van der Waals surface area contributed by atoms with Crippen LogP contribution in [0.15, 0.2) is 0 Å². The second-order valence-electron chi connectivity index (χ2n) is 4.68. The lowest BCUT2D eigenvalue weighted by atomic mass is 9.75. The van der Waals surface area contributed by atoms with Crippen LogP contribution in [-0.4, -0.2) is 23.7 Å². The van der Waals surface area contributed by atoms with Crippen molar-refractivity contribution in [3.8, 4) is 0 Å². The molecule has 0 aromatic rings. The summed E-state index contributed by atoms with van der Waals surface area (Å²) in [6.45, 7) is 4.08. The number of hydrogen-bond acceptors (Lipinski definition) is 2. The summed E-state index contributed by atoms with van der Waals surface area (Å²) >= 11 is 0. The quantitative estimate of drug-likeness (QED) is 0.723. The molecule has 1 unspecified atom stereocenters. The molecule has 0 aliphatic heterocycles. The summed E-state index contributed by atoms with van der Waals surface area (Å²) in [5.41, 5.74) is -0.187. The Morgan fingerprint density at radius 1 is 1.43 bits per heavy atom. The summed E-state index contributed by atoms with van der Waals surface area (Å²) in [5.74, 6) is 0.109. The first-order valence-electron chi connectivity index (χ1n) is 5.51. The van der Waals surface area contributed by atoms with Crippen LogP contribution in [-0.2, 0) is 4.79 Å². The number of aliphatic hydroxyl groups excluding tert-OH is 1. The zero-order chi connectivity index (χ0) is 10.6. The SMILES string of the molecule is CC(O)CNC(=O)C1(C)CCCCC1. The first kappa shape index (κ1) is 11.5. The van der Waals surface area contributed by atoms with Gasteiger partial charge in [0.2, 0.25) is 5.91 Å². The fourth-order valence-corrected chi connectivity index (χ4v) is 2.01. The number of rotatable bonds is 3. The molecular weight excluding hydrogens is 178 g/mol. The molecule has 82 valence electrons. The third kappa shape index (κ3) is 2.98. The van der Waals surface area contributed by atoms with E-state index in [4.69, 9.17) is 5.11 Å². The first-order valence-corrected chi connectivity index (χ1v) is 5.51. The van der Waals surface area contributed by atoms with Crippen LogP contribution >= 0.6 is 0 Å². The molecule has 1 atom stereocenters. The third-order valence-electron chi connectivity index (χ3n) is 3.06. The molecular formula is C11H21NO2. The number of carbonyl (C=O) groups excluding carboxylic acids is 1. The summed E-state index contributed by atoms with van der Waals surface area (Å²) in [6.07, 6.45) is 5.07.